The molecule has 4 heterocycles. The number of fused-ring (bicyclic) bond motifs is 1. The van der Waals surface area contributed by atoms with Crippen molar-refractivity contribution < 1.29 is 4.74 Å². The highest BCUT2D eigenvalue weighted by Crippen LogP contribution is 2.33. The molecule has 0 amide bonds. The normalized spacial score (nSPS) is 20.1. The Labute approximate surface area is 196 Å². The quantitative estimate of drug-likeness (QED) is 0.562. The van der Waals surface area contributed by atoms with E-state index in [4.69, 9.17) is 4.74 Å². The number of benzene rings is 1. The van der Waals surface area contributed by atoms with Gasteiger partial charge in [0.1, 0.15) is 18.0 Å². The summed E-state index contributed by atoms with van der Waals surface area (Å²) >= 11 is 0. The van der Waals surface area contributed by atoms with Crippen LogP contribution in [-0.2, 0) is 0 Å². The summed E-state index contributed by atoms with van der Waals surface area (Å²) in [6.45, 7) is 10.0. The number of H-pyrrole nitrogens is 1. The smallest absolute Gasteiger partial charge is 0.139 e. The number of ether oxygens (including phenoxy) is 1. The highest BCUT2D eigenvalue weighted by molar-refractivity contribution is 5.93. The summed E-state index contributed by atoms with van der Waals surface area (Å²) in [7, 11) is 0. The Bertz CT molecular complexity index is 1060. The number of piperazine rings is 1. The number of rotatable bonds is 8. The summed E-state index contributed by atoms with van der Waals surface area (Å²) in [5.74, 6) is 1.91. The molecule has 1 aliphatic carbocycles. The highest BCUT2D eigenvalue weighted by atomic mass is 16.5. The van der Waals surface area contributed by atoms with Crippen LogP contribution in [0.1, 0.15) is 25.7 Å². The van der Waals surface area contributed by atoms with E-state index in [9.17, 15) is 0 Å². The van der Waals surface area contributed by atoms with Gasteiger partial charge in [-0.25, -0.2) is 4.98 Å². The molecule has 0 bridgehead atoms. The second-order valence-electron chi connectivity index (χ2n) is 9.93. The van der Waals surface area contributed by atoms with Gasteiger partial charge in [-0.05, 0) is 86.7 Å². The van der Waals surface area contributed by atoms with Crippen LogP contribution in [0, 0.1) is 5.92 Å². The van der Waals surface area contributed by atoms with Crippen molar-refractivity contribution in [3.63, 3.8) is 0 Å². The van der Waals surface area contributed by atoms with Crippen molar-refractivity contribution in [1.82, 2.24) is 19.8 Å². The number of aromatic nitrogens is 2. The Balaban J connectivity index is 1.12. The van der Waals surface area contributed by atoms with Crippen molar-refractivity contribution in [2.75, 3.05) is 63.9 Å². The van der Waals surface area contributed by atoms with Crippen molar-refractivity contribution in [1.29, 1.82) is 0 Å². The average molecular weight is 446 g/mol. The van der Waals surface area contributed by atoms with Crippen molar-refractivity contribution in [2.24, 2.45) is 5.92 Å². The first-order valence-electron chi connectivity index (χ1n) is 12.7. The van der Waals surface area contributed by atoms with Crippen LogP contribution in [0.4, 0.5) is 5.69 Å². The molecule has 0 unspecified atom stereocenters. The van der Waals surface area contributed by atoms with Crippen LogP contribution in [0.5, 0.6) is 5.75 Å². The van der Waals surface area contributed by atoms with E-state index < -0.39 is 0 Å². The number of anilines is 1. The van der Waals surface area contributed by atoms with E-state index in [1.54, 1.807) is 0 Å². The number of aromatic amines is 1. The summed E-state index contributed by atoms with van der Waals surface area (Å²) in [6, 6.07) is 12.9. The molecule has 174 valence electrons. The van der Waals surface area contributed by atoms with Crippen LogP contribution in [0.15, 0.2) is 42.6 Å². The summed E-state index contributed by atoms with van der Waals surface area (Å²) in [5, 5.41) is 1.22. The molecule has 3 fully saturated rings. The van der Waals surface area contributed by atoms with Crippen LogP contribution in [-0.4, -0.2) is 78.7 Å². The van der Waals surface area contributed by atoms with Gasteiger partial charge in [0.15, 0.2) is 0 Å². The Hall–Kier alpha value is -2.57. The van der Waals surface area contributed by atoms with Crippen molar-refractivity contribution in [3.05, 3.63) is 42.6 Å². The molecule has 3 aliphatic rings. The Morgan fingerprint density at radius 3 is 2.45 bits per heavy atom. The minimum atomic E-state index is 0.757. The molecule has 6 heteroatoms. The lowest BCUT2D eigenvalue weighted by molar-refractivity contribution is 0.238. The molecule has 0 spiro atoms. The van der Waals surface area contributed by atoms with Crippen molar-refractivity contribution in [2.45, 2.75) is 25.7 Å². The number of hydrogen-bond donors (Lipinski definition) is 1. The van der Waals surface area contributed by atoms with E-state index in [0.717, 1.165) is 62.3 Å². The molecule has 33 heavy (non-hydrogen) atoms. The van der Waals surface area contributed by atoms with E-state index in [0.29, 0.717) is 0 Å². The maximum absolute atomic E-state index is 5.98. The Morgan fingerprint density at radius 2 is 1.70 bits per heavy atom. The molecule has 2 aliphatic heterocycles. The monoisotopic (exact) mass is 445 g/mol. The zero-order valence-corrected chi connectivity index (χ0v) is 19.5. The van der Waals surface area contributed by atoms with Crippen LogP contribution in [0.2, 0.25) is 0 Å². The van der Waals surface area contributed by atoms with Gasteiger partial charge in [0.05, 0.1) is 0 Å². The van der Waals surface area contributed by atoms with E-state index in [-0.39, 0.29) is 0 Å². The van der Waals surface area contributed by atoms with Gasteiger partial charge in [-0.2, -0.15) is 0 Å². The molecule has 3 aromatic rings. The second-order valence-corrected chi connectivity index (χ2v) is 9.93. The summed E-state index contributed by atoms with van der Waals surface area (Å²) in [5.41, 5.74) is 4.55. The van der Waals surface area contributed by atoms with E-state index >= 15 is 0 Å². The number of nitrogens with zero attached hydrogens (tertiary/aromatic N) is 4. The lowest BCUT2D eigenvalue weighted by Crippen LogP contribution is -2.47. The van der Waals surface area contributed by atoms with Crippen LogP contribution in [0.3, 0.4) is 0 Å². The summed E-state index contributed by atoms with van der Waals surface area (Å²) < 4.78 is 5.98. The molecule has 1 N–H and O–H groups in total. The molecule has 0 radical (unpaired) electrons. The lowest BCUT2D eigenvalue weighted by atomic mass is 10.1. The first-order valence-corrected chi connectivity index (χ1v) is 12.7. The largest absolute Gasteiger partial charge is 0.492 e. The maximum atomic E-state index is 5.98. The first kappa shape index (κ1) is 21.0. The minimum Gasteiger partial charge on any atom is -0.492 e. The maximum Gasteiger partial charge on any atom is 0.139 e. The zero-order chi connectivity index (χ0) is 22.0. The molecular weight excluding hydrogens is 410 g/mol. The number of likely N-dealkylation sites (tertiary alicyclic amines) is 1. The van der Waals surface area contributed by atoms with E-state index in [1.165, 1.54) is 62.0 Å². The fraction of sp³-hybridized carbons (Fsp3) is 0.519. The molecule has 6 nitrogen and oxygen atoms in total. The number of nitrogens with one attached hydrogen (secondary N) is 1. The SMILES string of the molecule is c1cc(N2CCN(CC3CC3)CC2)c2cc(-c3ccc(OCCN4CCCC4)cc3)[nH]c2n1. The van der Waals surface area contributed by atoms with E-state index in [2.05, 4.69) is 61.1 Å². The van der Waals surface area contributed by atoms with Gasteiger partial charge in [0.2, 0.25) is 0 Å². The molecular formula is C27H35N5O. The van der Waals surface area contributed by atoms with Gasteiger partial charge in [-0.3, -0.25) is 9.80 Å². The van der Waals surface area contributed by atoms with Gasteiger partial charge in [0, 0.05) is 62.2 Å². The first-order chi connectivity index (χ1) is 16.3. The predicted molar refractivity (Wildman–Crippen MR) is 134 cm³/mol. The van der Waals surface area contributed by atoms with Gasteiger partial charge < -0.3 is 14.6 Å². The van der Waals surface area contributed by atoms with Crippen molar-refractivity contribution in [3.8, 4) is 17.0 Å². The summed E-state index contributed by atoms with van der Waals surface area (Å²) in [6.07, 6.45) is 7.46. The zero-order valence-electron chi connectivity index (χ0n) is 19.5. The van der Waals surface area contributed by atoms with Gasteiger partial charge >= 0.3 is 0 Å². The van der Waals surface area contributed by atoms with Crippen molar-refractivity contribution >= 4 is 16.7 Å². The molecule has 0 atom stereocenters. The summed E-state index contributed by atoms with van der Waals surface area (Å²) in [4.78, 5) is 15.8. The second kappa shape index (κ2) is 9.35. The molecule has 2 saturated heterocycles. The minimum absolute atomic E-state index is 0.757. The van der Waals surface area contributed by atoms with Gasteiger partial charge in [-0.1, -0.05) is 0 Å². The lowest BCUT2D eigenvalue weighted by Gasteiger charge is -2.36. The number of hydrogen-bond acceptors (Lipinski definition) is 5. The van der Waals surface area contributed by atoms with Gasteiger partial charge in [-0.15, -0.1) is 0 Å². The fourth-order valence-electron chi connectivity index (χ4n) is 5.31. The predicted octanol–water partition coefficient (Wildman–Crippen LogP) is 4.24. The Morgan fingerprint density at radius 1 is 0.909 bits per heavy atom. The third-order valence-corrected chi connectivity index (χ3v) is 7.48. The standard InChI is InChI=1S/C27H35N5O/c1-2-12-30(11-1)17-18-33-23-7-5-22(6-8-23)25-19-24-26(9-10-28-27(24)29-25)32-15-13-31(14-16-32)20-21-3-4-21/h5-10,19,21H,1-4,11-18,20H2,(H,28,29). The van der Waals surface area contributed by atoms with Gasteiger partial charge in [0.25, 0.3) is 0 Å². The third kappa shape index (κ3) is 4.87. The number of pyridine rings is 1. The fourth-order valence-corrected chi connectivity index (χ4v) is 5.31. The molecule has 1 aromatic carbocycles. The van der Waals surface area contributed by atoms with E-state index in [1.807, 2.05) is 6.20 Å². The average Bonchev–Trinajstić information content (AvgIpc) is 3.32. The molecule has 2 aromatic heterocycles. The third-order valence-electron chi connectivity index (χ3n) is 7.48. The van der Waals surface area contributed by atoms with Crippen LogP contribution < -0.4 is 9.64 Å². The van der Waals surface area contributed by atoms with Crippen LogP contribution >= 0.6 is 0 Å². The topological polar surface area (TPSA) is 47.6 Å². The molecule has 6 rings (SSSR count). The highest BCUT2D eigenvalue weighted by Gasteiger charge is 2.27. The Kier molecular flexibility index (Phi) is 5.95. The van der Waals surface area contributed by atoms with Crippen LogP contribution in [0.25, 0.3) is 22.3 Å². The molecule has 1 saturated carbocycles.